The van der Waals surface area contributed by atoms with Crippen molar-refractivity contribution < 1.29 is 4.43 Å². The van der Waals surface area contributed by atoms with E-state index in [0.717, 1.165) is 18.9 Å². The van der Waals surface area contributed by atoms with Gasteiger partial charge in [-0.25, -0.2) is 0 Å². The van der Waals surface area contributed by atoms with Crippen molar-refractivity contribution in [2.45, 2.75) is 65.1 Å². The number of allylic oxidation sites excluding steroid dienone is 1. The Morgan fingerprint density at radius 1 is 1.25 bits per heavy atom. The minimum absolute atomic E-state index is 0.331. The zero-order valence-electron chi connectivity index (χ0n) is 12.1. The third-order valence-corrected chi connectivity index (χ3v) is 8.28. The van der Waals surface area contributed by atoms with Crippen LogP contribution in [0.4, 0.5) is 0 Å². The first-order chi connectivity index (χ1) is 7.20. The van der Waals surface area contributed by atoms with Crippen LogP contribution in [0.3, 0.4) is 0 Å². The molecule has 0 heterocycles. The molecule has 0 aromatic rings. The maximum absolute atomic E-state index is 6.16. The molecule has 1 nitrogen and oxygen atoms in total. The second-order valence-corrected chi connectivity index (χ2v) is 11.2. The molecule has 0 aromatic heterocycles. The molecule has 0 saturated carbocycles. The Kier molecular flexibility index (Phi) is 6.57. The molecule has 96 valence electrons. The molecule has 0 radical (unpaired) electrons. The molecule has 0 saturated heterocycles. The van der Waals surface area contributed by atoms with Crippen LogP contribution in [0.25, 0.3) is 0 Å². The van der Waals surface area contributed by atoms with Gasteiger partial charge in [0.2, 0.25) is 0 Å². The smallest absolute Gasteiger partial charge is 0.191 e. The van der Waals surface area contributed by atoms with Gasteiger partial charge in [-0.15, -0.1) is 6.58 Å². The van der Waals surface area contributed by atoms with Crippen LogP contribution in [-0.4, -0.2) is 14.9 Å². The summed E-state index contributed by atoms with van der Waals surface area (Å²) in [6.07, 6.45) is 5.55. The van der Waals surface area contributed by atoms with Crippen molar-refractivity contribution in [3.8, 4) is 0 Å². The van der Waals surface area contributed by atoms with E-state index in [0.29, 0.717) is 5.04 Å². The van der Waals surface area contributed by atoms with Crippen molar-refractivity contribution in [1.29, 1.82) is 0 Å². The van der Waals surface area contributed by atoms with E-state index in [1.165, 1.54) is 12.8 Å². The van der Waals surface area contributed by atoms with E-state index in [4.69, 9.17) is 4.43 Å². The maximum atomic E-state index is 6.16. The van der Waals surface area contributed by atoms with Crippen LogP contribution in [0.1, 0.15) is 47.0 Å². The molecule has 1 unspecified atom stereocenters. The van der Waals surface area contributed by atoms with Crippen LogP contribution in [0.5, 0.6) is 0 Å². The molecule has 0 aliphatic carbocycles. The standard InChI is InChI=1S/C14H30OSi/c1-8-9-10-13(2)11-12-15-16(6,7)14(3,4)5/h8,13H,1,9-12H2,2-7H3. The molecule has 0 fully saturated rings. The molecule has 0 aliphatic rings. The Hall–Kier alpha value is -0.0831. The highest BCUT2D eigenvalue weighted by Crippen LogP contribution is 2.36. The number of hydrogen-bond donors (Lipinski definition) is 0. The van der Waals surface area contributed by atoms with E-state index in [-0.39, 0.29) is 0 Å². The van der Waals surface area contributed by atoms with Gasteiger partial charge in [-0.2, -0.15) is 0 Å². The summed E-state index contributed by atoms with van der Waals surface area (Å²) in [5, 5.41) is 0.331. The highest BCUT2D eigenvalue weighted by atomic mass is 28.4. The maximum Gasteiger partial charge on any atom is 0.191 e. The van der Waals surface area contributed by atoms with Gasteiger partial charge in [-0.1, -0.05) is 33.8 Å². The zero-order valence-corrected chi connectivity index (χ0v) is 13.1. The van der Waals surface area contributed by atoms with Crippen LogP contribution in [-0.2, 0) is 4.43 Å². The van der Waals surface area contributed by atoms with E-state index in [1.54, 1.807) is 0 Å². The van der Waals surface area contributed by atoms with E-state index >= 15 is 0 Å². The fourth-order valence-electron chi connectivity index (χ4n) is 1.28. The van der Waals surface area contributed by atoms with Gasteiger partial charge in [-0.3, -0.25) is 0 Å². The van der Waals surface area contributed by atoms with Gasteiger partial charge < -0.3 is 4.43 Å². The summed E-state index contributed by atoms with van der Waals surface area (Å²) in [6.45, 7) is 18.5. The van der Waals surface area contributed by atoms with Crippen molar-refractivity contribution in [3.05, 3.63) is 12.7 Å². The highest BCUT2D eigenvalue weighted by Gasteiger charge is 2.36. The van der Waals surface area contributed by atoms with E-state index in [1.807, 2.05) is 6.08 Å². The molecule has 0 spiro atoms. The summed E-state index contributed by atoms with van der Waals surface area (Å²) in [5.41, 5.74) is 0. The fourth-order valence-corrected chi connectivity index (χ4v) is 2.34. The first-order valence-corrected chi connectivity index (χ1v) is 9.36. The van der Waals surface area contributed by atoms with Crippen molar-refractivity contribution in [2.75, 3.05) is 6.61 Å². The molecule has 0 aromatic carbocycles. The number of hydrogen-bond acceptors (Lipinski definition) is 1. The molecule has 0 aliphatic heterocycles. The SMILES string of the molecule is C=CCCC(C)CCO[Si](C)(C)C(C)(C)C. The lowest BCUT2D eigenvalue weighted by atomic mass is 10.0. The first kappa shape index (κ1) is 15.9. The van der Waals surface area contributed by atoms with Gasteiger partial charge in [-0.05, 0) is 43.3 Å². The first-order valence-electron chi connectivity index (χ1n) is 6.45. The lowest BCUT2D eigenvalue weighted by Gasteiger charge is -2.36. The van der Waals surface area contributed by atoms with Crippen LogP contribution in [0.15, 0.2) is 12.7 Å². The average molecular weight is 242 g/mol. The summed E-state index contributed by atoms with van der Waals surface area (Å²) in [6, 6.07) is 0. The summed E-state index contributed by atoms with van der Waals surface area (Å²) < 4.78 is 6.16. The second-order valence-electron chi connectivity index (χ2n) is 6.37. The van der Waals surface area contributed by atoms with Crippen LogP contribution in [0, 0.1) is 5.92 Å². The lowest BCUT2D eigenvalue weighted by molar-refractivity contribution is 0.257. The van der Waals surface area contributed by atoms with Gasteiger partial charge in [0.05, 0.1) is 0 Å². The van der Waals surface area contributed by atoms with Crippen molar-refractivity contribution in [2.24, 2.45) is 5.92 Å². The zero-order chi connectivity index (χ0) is 12.8. The third-order valence-electron chi connectivity index (χ3n) is 3.74. The predicted octanol–water partition coefficient (Wildman–Crippen LogP) is 5.00. The van der Waals surface area contributed by atoms with Crippen LogP contribution in [0.2, 0.25) is 18.1 Å². The largest absolute Gasteiger partial charge is 0.417 e. The quantitative estimate of drug-likeness (QED) is 0.451. The molecule has 1 atom stereocenters. The highest BCUT2D eigenvalue weighted by molar-refractivity contribution is 6.74. The van der Waals surface area contributed by atoms with Gasteiger partial charge in [0, 0.05) is 6.61 Å². The normalized spacial score (nSPS) is 14.9. The Labute approximate surface area is 103 Å². The summed E-state index contributed by atoms with van der Waals surface area (Å²) in [4.78, 5) is 0. The molecular formula is C14H30OSi. The third kappa shape index (κ3) is 5.85. The van der Waals surface area contributed by atoms with Crippen LogP contribution < -0.4 is 0 Å². The molecule has 0 amide bonds. The summed E-state index contributed by atoms with van der Waals surface area (Å²) >= 11 is 0. The van der Waals surface area contributed by atoms with Crippen molar-refractivity contribution in [1.82, 2.24) is 0 Å². The molecule has 16 heavy (non-hydrogen) atoms. The topological polar surface area (TPSA) is 9.23 Å². The summed E-state index contributed by atoms with van der Waals surface area (Å²) in [5.74, 6) is 0.753. The van der Waals surface area contributed by atoms with Crippen molar-refractivity contribution >= 4 is 8.32 Å². The van der Waals surface area contributed by atoms with E-state index in [2.05, 4.69) is 47.4 Å². The average Bonchev–Trinajstić information content (AvgIpc) is 2.12. The minimum atomic E-state index is -1.52. The Bertz CT molecular complexity index is 203. The predicted molar refractivity (Wildman–Crippen MR) is 76.4 cm³/mol. The lowest BCUT2D eigenvalue weighted by Crippen LogP contribution is -2.41. The second kappa shape index (κ2) is 6.60. The van der Waals surface area contributed by atoms with E-state index in [9.17, 15) is 0 Å². The molecule has 0 N–H and O–H groups in total. The van der Waals surface area contributed by atoms with Gasteiger partial charge in [0.15, 0.2) is 8.32 Å². The molecule has 0 rings (SSSR count). The molecule has 2 heteroatoms. The Morgan fingerprint density at radius 2 is 1.81 bits per heavy atom. The van der Waals surface area contributed by atoms with Crippen LogP contribution >= 0.6 is 0 Å². The van der Waals surface area contributed by atoms with Gasteiger partial charge in [0.25, 0.3) is 0 Å². The van der Waals surface area contributed by atoms with E-state index < -0.39 is 8.32 Å². The fraction of sp³-hybridized carbons (Fsp3) is 0.857. The molecular weight excluding hydrogens is 212 g/mol. The minimum Gasteiger partial charge on any atom is -0.417 e. The monoisotopic (exact) mass is 242 g/mol. The van der Waals surface area contributed by atoms with Gasteiger partial charge >= 0.3 is 0 Å². The molecule has 0 bridgehead atoms. The summed E-state index contributed by atoms with van der Waals surface area (Å²) in [7, 11) is -1.52. The van der Waals surface area contributed by atoms with Crippen molar-refractivity contribution in [3.63, 3.8) is 0 Å². The number of rotatable bonds is 7. The Morgan fingerprint density at radius 3 is 2.25 bits per heavy atom. The Balaban J connectivity index is 3.85. The van der Waals surface area contributed by atoms with Gasteiger partial charge in [0.1, 0.15) is 0 Å².